The van der Waals surface area contributed by atoms with Gasteiger partial charge in [-0.3, -0.25) is 14.5 Å². The molecular formula is C11H20N2O3. The predicted octanol–water partition coefficient (Wildman–Crippen LogP) is 0.308. The lowest BCUT2D eigenvalue weighted by atomic mass is 10.0. The van der Waals surface area contributed by atoms with Gasteiger partial charge in [-0.15, -0.1) is 0 Å². The quantitative estimate of drug-likeness (QED) is 0.710. The zero-order valence-electron chi connectivity index (χ0n) is 9.90. The van der Waals surface area contributed by atoms with Crippen molar-refractivity contribution in [3.63, 3.8) is 0 Å². The average molecular weight is 228 g/mol. The van der Waals surface area contributed by atoms with Crippen LogP contribution in [0.4, 0.5) is 0 Å². The van der Waals surface area contributed by atoms with E-state index in [1.54, 1.807) is 0 Å². The minimum Gasteiger partial charge on any atom is -0.481 e. The number of hydrogen-bond acceptors (Lipinski definition) is 3. The monoisotopic (exact) mass is 228 g/mol. The molecule has 0 aromatic heterocycles. The van der Waals surface area contributed by atoms with Gasteiger partial charge >= 0.3 is 5.97 Å². The summed E-state index contributed by atoms with van der Waals surface area (Å²) in [5, 5.41) is 11.4. The number of piperazine rings is 1. The van der Waals surface area contributed by atoms with Crippen molar-refractivity contribution in [2.24, 2.45) is 5.92 Å². The molecule has 92 valence electrons. The molecule has 1 aliphatic rings. The molecule has 0 radical (unpaired) electrons. The molecule has 0 aromatic carbocycles. The molecule has 5 heteroatoms. The Bertz CT molecular complexity index is 266. The molecule has 0 saturated carbocycles. The van der Waals surface area contributed by atoms with E-state index in [1.807, 2.05) is 0 Å². The minimum absolute atomic E-state index is 0.0341. The molecule has 1 amide bonds. The summed E-state index contributed by atoms with van der Waals surface area (Å²) >= 11 is 0. The molecule has 0 aromatic rings. The number of carboxylic acids is 1. The van der Waals surface area contributed by atoms with Crippen LogP contribution in [0.5, 0.6) is 0 Å². The molecule has 1 fully saturated rings. The summed E-state index contributed by atoms with van der Waals surface area (Å²) in [4.78, 5) is 24.3. The van der Waals surface area contributed by atoms with Crippen molar-refractivity contribution in [2.75, 3.05) is 19.6 Å². The maximum atomic E-state index is 11.7. The molecule has 1 rings (SSSR count). The van der Waals surface area contributed by atoms with Crippen LogP contribution in [0.3, 0.4) is 0 Å². The molecule has 5 nitrogen and oxygen atoms in total. The van der Waals surface area contributed by atoms with Crippen LogP contribution in [0, 0.1) is 5.92 Å². The van der Waals surface area contributed by atoms with Crippen molar-refractivity contribution in [2.45, 2.75) is 32.7 Å². The third-order valence-electron chi connectivity index (χ3n) is 2.67. The van der Waals surface area contributed by atoms with Gasteiger partial charge < -0.3 is 10.4 Å². The number of carbonyl (C=O) groups is 2. The summed E-state index contributed by atoms with van der Waals surface area (Å²) < 4.78 is 0. The third kappa shape index (κ3) is 3.81. The molecule has 1 aliphatic heterocycles. The van der Waals surface area contributed by atoms with Crippen LogP contribution < -0.4 is 5.32 Å². The highest BCUT2D eigenvalue weighted by atomic mass is 16.4. The average Bonchev–Trinajstić information content (AvgIpc) is 2.15. The number of amides is 1. The standard InChI is InChI=1S/C11H20N2O3/c1-8(2)7-13-6-5-12-11(16)9(13)3-4-10(14)15/h8-9H,3-7H2,1-2H3,(H,12,16)(H,14,15). The van der Waals surface area contributed by atoms with Crippen molar-refractivity contribution >= 4 is 11.9 Å². The van der Waals surface area contributed by atoms with Crippen LogP contribution in [-0.2, 0) is 9.59 Å². The first-order chi connectivity index (χ1) is 7.50. The topological polar surface area (TPSA) is 69.6 Å². The number of carboxylic acid groups (broad SMARTS) is 1. The summed E-state index contributed by atoms with van der Waals surface area (Å²) in [6.45, 7) is 6.52. The molecule has 2 N–H and O–H groups in total. The second kappa shape index (κ2) is 5.84. The van der Waals surface area contributed by atoms with E-state index in [-0.39, 0.29) is 18.4 Å². The number of hydrogen-bond donors (Lipinski definition) is 2. The van der Waals surface area contributed by atoms with Gasteiger partial charge in [-0.1, -0.05) is 13.8 Å². The van der Waals surface area contributed by atoms with Crippen molar-refractivity contribution in [1.82, 2.24) is 10.2 Å². The Morgan fingerprint density at radius 1 is 1.62 bits per heavy atom. The van der Waals surface area contributed by atoms with Crippen molar-refractivity contribution in [3.05, 3.63) is 0 Å². The third-order valence-corrected chi connectivity index (χ3v) is 2.67. The smallest absolute Gasteiger partial charge is 0.303 e. The zero-order chi connectivity index (χ0) is 12.1. The number of rotatable bonds is 5. The van der Waals surface area contributed by atoms with Crippen LogP contribution >= 0.6 is 0 Å². The Labute approximate surface area is 95.8 Å². The Hall–Kier alpha value is -1.10. The van der Waals surface area contributed by atoms with Crippen LogP contribution in [-0.4, -0.2) is 47.6 Å². The molecule has 16 heavy (non-hydrogen) atoms. The summed E-state index contributed by atoms with van der Waals surface area (Å²) in [6, 6.07) is -0.271. The van der Waals surface area contributed by atoms with E-state index >= 15 is 0 Å². The second-order valence-corrected chi connectivity index (χ2v) is 4.63. The second-order valence-electron chi connectivity index (χ2n) is 4.63. The summed E-state index contributed by atoms with van der Waals surface area (Å²) in [5.74, 6) is -0.394. The first kappa shape index (κ1) is 13.0. The highest BCUT2D eigenvalue weighted by Gasteiger charge is 2.29. The normalized spacial score (nSPS) is 22.2. The van der Waals surface area contributed by atoms with Gasteiger partial charge in [0.05, 0.1) is 6.04 Å². The molecule has 1 saturated heterocycles. The van der Waals surface area contributed by atoms with Gasteiger partial charge in [0.25, 0.3) is 0 Å². The molecular weight excluding hydrogens is 208 g/mol. The lowest BCUT2D eigenvalue weighted by Gasteiger charge is -2.35. The van der Waals surface area contributed by atoms with Crippen LogP contribution in [0.25, 0.3) is 0 Å². The van der Waals surface area contributed by atoms with Crippen LogP contribution in [0.15, 0.2) is 0 Å². The Balaban J connectivity index is 2.56. The molecule has 1 heterocycles. The fourth-order valence-corrected chi connectivity index (χ4v) is 2.02. The van der Waals surface area contributed by atoms with E-state index in [1.165, 1.54) is 0 Å². The molecule has 1 unspecified atom stereocenters. The van der Waals surface area contributed by atoms with E-state index in [4.69, 9.17) is 5.11 Å². The maximum absolute atomic E-state index is 11.7. The van der Waals surface area contributed by atoms with Gasteiger partial charge in [0.1, 0.15) is 0 Å². The number of carbonyl (C=O) groups excluding carboxylic acids is 1. The van der Waals surface area contributed by atoms with Gasteiger partial charge in [0.2, 0.25) is 5.91 Å². The van der Waals surface area contributed by atoms with Gasteiger partial charge in [-0.05, 0) is 12.3 Å². The molecule has 0 aliphatic carbocycles. The van der Waals surface area contributed by atoms with Gasteiger partial charge in [0.15, 0.2) is 0 Å². The lowest BCUT2D eigenvalue weighted by Crippen LogP contribution is -2.56. The van der Waals surface area contributed by atoms with E-state index in [9.17, 15) is 9.59 Å². The maximum Gasteiger partial charge on any atom is 0.303 e. The Kier molecular flexibility index (Phi) is 4.73. The van der Waals surface area contributed by atoms with Gasteiger partial charge in [-0.25, -0.2) is 0 Å². The molecule has 0 bridgehead atoms. The highest BCUT2D eigenvalue weighted by molar-refractivity contribution is 5.83. The van der Waals surface area contributed by atoms with E-state index in [0.29, 0.717) is 18.9 Å². The van der Waals surface area contributed by atoms with Crippen molar-refractivity contribution < 1.29 is 14.7 Å². The predicted molar refractivity (Wildman–Crippen MR) is 60.1 cm³/mol. The van der Waals surface area contributed by atoms with Crippen molar-refractivity contribution in [1.29, 1.82) is 0 Å². The Morgan fingerprint density at radius 3 is 2.88 bits per heavy atom. The van der Waals surface area contributed by atoms with E-state index in [2.05, 4.69) is 24.1 Å². The van der Waals surface area contributed by atoms with Gasteiger partial charge in [0, 0.05) is 26.1 Å². The summed E-state index contributed by atoms with van der Waals surface area (Å²) in [7, 11) is 0. The minimum atomic E-state index is -0.845. The summed E-state index contributed by atoms with van der Waals surface area (Å²) in [5.41, 5.74) is 0. The molecule has 0 spiro atoms. The number of aliphatic carboxylic acids is 1. The van der Waals surface area contributed by atoms with Gasteiger partial charge in [-0.2, -0.15) is 0 Å². The summed E-state index contributed by atoms with van der Waals surface area (Å²) in [6.07, 6.45) is 0.445. The lowest BCUT2D eigenvalue weighted by molar-refractivity contribution is -0.138. The van der Waals surface area contributed by atoms with E-state index < -0.39 is 5.97 Å². The number of nitrogens with one attached hydrogen (secondary N) is 1. The highest BCUT2D eigenvalue weighted by Crippen LogP contribution is 2.13. The fraction of sp³-hybridized carbons (Fsp3) is 0.818. The Morgan fingerprint density at radius 2 is 2.31 bits per heavy atom. The van der Waals surface area contributed by atoms with E-state index in [0.717, 1.165) is 13.1 Å². The fourth-order valence-electron chi connectivity index (χ4n) is 2.02. The SMILES string of the molecule is CC(C)CN1CCNC(=O)C1CCC(=O)O. The number of nitrogens with zero attached hydrogens (tertiary/aromatic N) is 1. The first-order valence-corrected chi connectivity index (χ1v) is 5.74. The van der Waals surface area contributed by atoms with Crippen LogP contribution in [0.1, 0.15) is 26.7 Å². The van der Waals surface area contributed by atoms with Crippen molar-refractivity contribution in [3.8, 4) is 0 Å². The van der Waals surface area contributed by atoms with Crippen LogP contribution in [0.2, 0.25) is 0 Å². The largest absolute Gasteiger partial charge is 0.481 e. The molecule has 1 atom stereocenters. The zero-order valence-corrected chi connectivity index (χ0v) is 9.90. The first-order valence-electron chi connectivity index (χ1n) is 5.74.